The van der Waals surface area contributed by atoms with Gasteiger partial charge in [-0.25, -0.2) is 4.79 Å². The normalized spacial score (nSPS) is 8.69. The van der Waals surface area contributed by atoms with Crippen molar-refractivity contribution < 1.29 is 14.7 Å². The fraction of sp³-hybridized carbons (Fsp3) is 0.125. The number of aldehydes is 1. The van der Waals surface area contributed by atoms with Crippen LogP contribution in [0.1, 0.15) is 16.1 Å². The van der Waals surface area contributed by atoms with Crippen molar-refractivity contribution in [2.75, 3.05) is 0 Å². The molecular weight excluding hydrogens is 172 g/mol. The maximum absolute atomic E-state index is 10.4. The number of rotatable bonds is 1. The summed E-state index contributed by atoms with van der Waals surface area (Å²) in [5.41, 5.74) is 0.469. The first-order chi connectivity index (χ1) is 6.13. The summed E-state index contributed by atoms with van der Waals surface area (Å²) in [6.07, 6.45) is 2.05. The Kier molecular flexibility index (Phi) is 2.45. The zero-order valence-electron chi connectivity index (χ0n) is 6.81. The fourth-order valence-electron chi connectivity index (χ4n) is 0.803. The average Bonchev–Trinajstić information content (AvgIpc) is 2.42. The van der Waals surface area contributed by atoms with Gasteiger partial charge in [0.05, 0.1) is 5.56 Å². The van der Waals surface area contributed by atoms with E-state index in [-0.39, 0.29) is 11.3 Å². The molecule has 5 heteroatoms. The SMILES string of the molecule is Cn1cc(C=O)c(C#CC(=O)O)n1. The first kappa shape index (κ1) is 9.00. The Morgan fingerprint density at radius 3 is 3.00 bits per heavy atom. The second kappa shape index (κ2) is 3.54. The lowest BCUT2D eigenvalue weighted by Crippen LogP contribution is -1.90. The van der Waals surface area contributed by atoms with E-state index in [0.29, 0.717) is 6.29 Å². The molecule has 0 saturated carbocycles. The summed E-state index contributed by atoms with van der Waals surface area (Å²) >= 11 is 0. The number of carbonyl (C=O) groups is 2. The summed E-state index contributed by atoms with van der Waals surface area (Å²) in [7, 11) is 1.62. The van der Waals surface area contributed by atoms with Crippen molar-refractivity contribution in [2.24, 2.45) is 7.05 Å². The molecule has 0 atom stereocenters. The van der Waals surface area contributed by atoms with E-state index in [1.54, 1.807) is 7.05 Å². The van der Waals surface area contributed by atoms with Crippen LogP contribution in [0, 0.1) is 11.8 Å². The van der Waals surface area contributed by atoms with Gasteiger partial charge < -0.3 is 5.11 Å². The summed E-state index contributed by atoms with van der Waals surface area (Å²) in [6.45, 7) is 0. The smallest absolute Gasteiger partial charge is 0.382 e. The molecule has 1 heterocycles. The molecule has 0 amide bonds. The van der Waals surface area contributed by atoms with Gasteiger partial charge in [0.2, 0.25) is 0 Å². The number of aromatic nitrogens is 2. The Balaban J connectivity index is 3.08. The topological polar surface area (TPSA) is 72.2 Å². The monoisotopic (exact) mass is 178 g/mol. The number of hydrogen-bond donors (Lipinski definition) is 1. The standard InChI is InChI=1S/C8H6N2O3/c1-10-4-6(5-11)7(9-10)2-3-8(12)13/h4-5H,1H3,(H,12,13). The molecule has 1 aromatic rings. The summed E-state index contributed by atoms with van der Waals surface area (Å²) < 4.78 is 1.40. The van der Waals surface area contributed by atoms with Crippen LogP contribution < -0.4 is 0 Å². The predicted octanol–water partition coefficient (Wildman–Crippen LogP) is -0.331. The molecular formula is C8H6N2O3. The first-order valence-electron chi connectivity index (χ1n) is 3.37. The zero-order chi connectivity index (χ0) is 9.84. The van der Waals surface area contributed by atoms with Crippen molar-refractivity contribution in [3.8, 4) is 11.8 Å². The number of carboxylic acids is 1. The van der Waals surface area contributed by atoms with E-state index in [1.165, 1.54) is 10.9 Å². The molecule has 5 nitrogen and oxygen atoms in total. The molecule has 0 radical (unpaired) electrons. The minimum Gasteiger partial charge on any atom is -0.472 e. The third-order valence-corrected chi connectivity index (χ3v) is 1.27. The molecule has 0 aliphatic carbocycles. The molecule has 0 aliphatic rings. The second-order valence-corrected chi connectivity index (χ2v) is 2.28. The number of aryl methyl sites for hydroxylation is 1. The molecule has 1 aromatic heterocycles. The van der Waals surface area contributed by atoms with Crippen LogP contribution in [0.2, 0.25) is 0 Å². The fourth-order valence-corrected chi connectivity index (χ4v) is 0.803. The molecule has 66 valence electrons. The Morgan fingerprint density at radius 2 is 2.46 bits per heavy atom. The van der Waals surface area contributed by atoms with Crippen molar-refractivity contribution in [3.63, 3.8) is 0 Å². The maximum atomic E-state index is 10.4. The van der Waals surface area contributed by atoms with E-state index in [9.17, 15) is 9.59 Å². The highest BCUT2D eigenvalue weighted by Gasteiger charge is 2.02. The molecule has 0 aromatic carbocycles. The van der Waals surface area contributed by atoms with Crippen molar-refractivity contribution in [3.05, 3.63) is 17.5 Å². The van der Waals surface area contributed by atoms with Crippen LogP contribution in [0.3, 0.4) is 0 Å². The van der Waals surface area contributed by atoms with Crippen LogP contribution >= 0.6 is 0 Å². The third-order valence-electron chi connectivity index (χ3n) is 1.27. The molecule has 1 N–H and O–H groups in total. The number of carboxylic acid groups (broad SMARTS) is 1. The summed E-state index contributed by atoms with van der Waals surface area (Å²) in [6, 6.07) is 0. The van der Waals surface area contributed by atoms with Crippen molar-refractivity contribution in [1.29, 1.82) is 0 Å². The van der Waals surface area contributed by atoms with Crippen LogP contribution in [0.4, 0.5) is 0 Å². The van der Waals surface area contributed by atoms with Crippen LogP contribution in [0.25, 0.3) is 0 Å². The third kappa shape index (κ3) is 2.17. The van der Waals surface area contributed by atoms with Crippen LogP contribution in [-0.4, -0.2) is 27.1 Å². The Morgan fingerprint density at radius 1 is 1.77 bits per heavy atom. The van der Waals surface area contributed by atoms with Crippen molar-refractivity contribution in [2.45, 2.75) is 0 Å². The Hall–Kier alpha value is -2.09. The van der Waals surface area contributed by atoms with Crippen LogP contribution in [0.15, 0.2) is 6.20 Å². The van der Waals surface area contributed by atoms with Gasteiger partial charge in [-0.2, -0.15) is 5.10 Å². The Labute approximate surface area is 74.0 Å². The van der Waals surface area contributed by atoms with Gasteiger partial charge in [-0.3, -0.25) is 9.48 Å². The molecule has 0 spiro atoms. The molecule has 13 heavy (non-hydrogen) atoms. The lowest BCUT2D eigenvalue weighted by atomic mass is 10.3. The van der Waals surface area contributed by atoms with Crippen LogP contribution in [0.5, 0.6) is 0 Å². The quantitative estimate of drug-likeness (QED) is 0.472. The number of aliphatic carboxylic acids is 1. The zero-order valence-corrected chi connectivity index (χ0v) is 6.81. The van der Waals surface area contributed by atoms with E-state index in [1.807, 2.05) is 5.92 Å². The van der Waals surface area contributed by atoms with Gasteiger partial charge in [0.25, 0.3) is 0 Å². The van der Waals surface area contributed by atoms with E-state index in [2.05, 4.69) is 11.0 Å². The number of hydrogen-bond acceptors (Lipinski definition) is 3. The van der Waals surface area contributed by atoms with Gasteiger partial charge in [0, 0.05) is 19.2 Å². The Bertz CT molecular complexity index is 409. The largest absolute Gasteiger partial charge is 0.472 e. The molecule has 1 rings (SSSR count). The highest BCUT2D eigenvalue weighted by Crippen LogP contribution is 2.00. The number of nitrogens with zero attached hydrogens (tertiary/aromatic N) is 2. The number of carbonyl (C=O) groups excluding carboxylic acids is 1. The molecule has 0 saturated heterocycles. The first-order valence-corrected chi connectivity index (χ1v) is 3.37. The maximum Gasteiger partial charge on any atom is 0.382 e. The predicted molar refractivity (Wildman–Crippen MR) is 43.1 cm³/mol. The lowest BCUT2D eigenvalue weighted by molar-refractivity contribution is -0.130. The van der Waals surface area contributed by atoms with Crippen molar-refractivity contribution in [1.82, 2.24) is 9.78 Å². The van der Waals surface area contributed by atoms with Crippen molar-refractivity contribution >= 4 is 12.3 Å². The van der Waals surface area contributed by atoms with Gasteiger partial charge in [-0.05, 0) is 5.92 Å². The van der Waals surface area contributed by atoms with E-state index in [0.717, 1.165) is 0 Å². The van der Waals surface area contributed by atoms with E-state index in [4.69, 9.17) is 5.11 Å². The van der Waals surface area contributed by atoms with E-state index < -0.39 is 5.97 Å². The molecule has 0 bridgehead atoms. The van der Waals surface area contributed by atoms with Gasteiger partial charge >= 0.3 is 5.97 Å². The highest BCUT2D eigenvalue weighted by atomic mass is 16.4. The highest BCUT2D eigenvalue weighted by molar-refractivity contribution is 5.88. The van der Waals surface area contributed by atoms with Gasteiger partial charge in [0.15, 0.2) is 6.29 Å². The summed E-state index contributed by atoms with van der Waals surface area (Å²) in [5.74, 6) is 2.91. The van der Waals surface area contributed by atoms with E-state index >= 15 is 0 Å². The van der Waals surface area contributed by atoms with Gasteiger partial charge in [0.1, 0.15) is 5.69 Å². The minimum atomic E-state index is -1.25. The van der Waals surface area contributed by atoms with Gasteiger partial charge in [-0.15, -0.1) is 0 Å². The summed E-state index contributed by atoms with van der Waals surface area (Å²) in [5, 5.41) is 12.1. The second-order valence-electron chi connectivity index (χ2n) is 2.28. The molecule has 0 aliphatic heterocycles. The summed E-state index contributed by atoms with van der Waals surface area (Å²) in [4.78, 5) is 20.5. The van der Waals surface area contributed by atoms with Gasteiger partial charge in [-0.1, -0.05) is 0 Å². The van der Waals surface area contributed by atoms with Crippen LogP contribution in [-0.2, 0) is 11.8 Å². The molecule has 0 unspecified atom stereocenters. The molecule has 0 fully saturated rings. The average molecular weight is 178 g/mol. The minimum absolute atomic E-state index is 0.180. The lowest BCUT2D eigenvalue weighted by Gasteiger charge is -1.80.